The Morgan fingerprint density at radius 2 is 1.93 bits per heavy atom. The van der Waals surface area contributed by atoms with Gasteiger partial charge in [0.25, 0.3) is 0 Å². The normalized spacial score (nSPS) is 11.0. The Morgan fingerprint density at radius 1 is 1.11 bits per heavy atom. The highest BCUT2D eigenvalue weighted by Gasteiger charge is 2.14. The molecular weight excluding hydrogens is 376 g/mol. The highest BCUT2D eigenvalue weighted by molar-refractivity contribution is 7.16. The molecule has 136 valence electrons. The van der Waals surface area contributed by atoms with Crippen molar-refractivity contribution in [2.75, 3.05) is 0 Å². The lowest BCUT2D eigenvalue weighted by Gasteiger charge is -1.99. The summed E-state index contributed by atoms with van der Waals surface area (Å²) in [4.78, 5) is 22.6. The van der Waals surface area contributed by atoms with Gasteiger partial charge in [0.1, 0.15) is 5.01 Å². The van der Waals surface area contributed by atoms with Crippen molar-refractivity contribution >= 4 is 28.5 Å². The van der Waals surface area contributed by atoms with Crippen LogP contribution in [-0.4, -0.2) is 25.5 Å². The molecule has 27 heavy (non-hydrogen) atoms. The van der Waals surface area contributed by atoms with E-state index in [4.69, 9.17) is 0 Å². The average Bonchev–Trinajstić information content (AvgIpc) is 3.36. The van der Waals surface area contributed by atoms with Crippen LogP contribution in [0.5, 0.6) is 0 Å². The summed E-state index contributed by atoms with van der Waals surface area (Å²) in [6, 6.07) is 10.0. The van der Waals surface area contributed by atoms with E-state index in [2.05, 4.69) is 15.1 Å². The third-order valence-corrected chi connectivity index (χ3v) is 6.06. The van der Waals surface area contributed by atoms with Gasteiger partial charge in [0.05, 0.1) is 40.4 Å². The predicted molar refractivity (Wildman–Crippen MR) is 109 cm³/mol. The minimum Gasteiger partial charge on any atom is -0.297 e. The summed E-state index contributed by atoms with van der Waals surface area (Å²) in [5.41, 5.74) is 4.01. The molecule has 0 spiro atoms. The predicted octanol–water partition coefficient (Wildman–Crippen LogP) is 4.56. The number of ketones is 1. The molecule has 1 aromatic carbocycles. The van der Waals surface area contributed by atoms with E-state index in [-0.39, 0.29) is 12.3 Å². The van der Waals surface area contributed by atoms with Crippen molar-refractivity contribution in [1.29, 1.82) is 0 Å². The van der Waals surface area contributed by atoms with Gasteiger partial charge in [-0.05, 0) is 19.4 Å². The molecule has 0 saturated carbocycles. The summed E-state index contributed by atoms with van der Waals surface area (Å²) in [7, 11) is 0. The second kappa shape index (κ2) is 7.54. The SMILES string of the molecule is Cc1nc(C)c(-c2csc(CC(=O)Cn3cc(-c4ccccc4)cn3)n2)s1. The first-order valence-corrected chi connectivity index (χ1v) is 10.3. The highest BCUT2D eigenvalue weighted by atomic mass is 32.1. The summed E-state index contributed by atoms with van der Waals surface area (Å²) >= 11 is 3.16. The number of carbonyl (C=O) groups is 1. The lowest BCUT2D eigenvalue weighted by molar-refractivity contribution is -0.119. The molecule has 0 N–H and O–H groups in total. The Kier molecular flexibility index (Phi) is 4.96. The van der Waals surface area contributed by atoms with Crippen molar-refractivity contribution in [3.63, 3.8) is 0 Å². The lowest BCUT2D eigenvalue weighted by atomic mass is 10.1. The molecule has 0 radical (unpaired) electrons. The fourth-order valence-corrected chi connectivity index (χ4v) is 4.67. The van der Waals surface area contributed by atoms with E-state index in [1.165, 1.54) is 11.3 Å². The number of benzene rings is 1. The van der Waals surface area contributed by atoms with Gasteiger partial charge in [-0.1, -0.05) is 30.3 Å². The van der Waals surface area contributed by atoms with Crippen molar-refractivity contribution in [1.82, 2.24) is 19.7 Å². The number of hydrogen-bond donors (Lipinski definition) is 0. The number of aromatic nitrogens is 4. The van der Waals surface area contributed by atoms with Gasteiger partial charge in [0.15, 0.2) is 5.78 Å². The first-order chi connectivity index (χ1) is 13.1. The van der Waals surface area contributed by atoms with Crippen LogP contribution in [0.3, 0.4) is 0 Å². The maximum Gasteiger partial charge on any atom is 0.161 e. The van der Waals surface area contributed by atoms with Gasteiger partial charge in [-0.15, -0.1) is 22.7 Å². The van der Waals surface area contributed by atoms with Gasteiger partial charge < -0.3 is 0 Å². The van der Waals surface area contributed by atoms with Gasteiger partial charge >= 0.3 is 0 Å². The van der Waals surface area contributed by atoms with E-state index >= 15 is 0 Å². The number of hydrogen-bond acceptors (Lipinski definition) is 6. The van der Waals surface area contributed by atoms with Gasteiger partial charge in [-0.25, -0.2) is 9.97 Å². The Bertz CT molecular complexity index is 1080. The largest absolute Gasteiger partial charge is 0.297 e. The molecule has 0 aliphatic heterocycles. The highest BCUT2D eigenvalue weighted by Crippen LogP contribution is 2.30. The Balaban J connectivity index is 1.42. The van der Waals surface area contributed by atoms with Gasteiger partial charge in [-0.3, -0.25) is 9.48 Å². The van der Waals surface area contributed by atoms with Crippen LogP contribution in [0.25, 0.3) is 21.7 Å². The fraction of sp³-hybridized carbons (Fsp3) is 0.200. The summed E-state index contributed by atoms with van der Waals surface area (Å²) in [6.45, 7) is 4.23. The van der Waals surface area contributed by atoms with E-state index in [1.54, 1.807) is 22.2 Å². The number of nitrogens with zero attached hydrogens (tertiary/aromatic N) is 4. The molecule has 0 atom stereocenters. The first-order valence-electron chi connectivity index (χ1n) is 8.57. The molecule has 0 fully saturated rings. The zero-order valence-corrected chi connectivity index (χ0v) is 16.7. The molecule has 3 heterocycles. The zero-order chi connectivity index (χ0) is 18.8. The quantitative estimate of drug-likeness (QED) is 0.481. The Labute approximate surface area is 165 Å². The third kappa shape index (κ3) is 4.04. The van der Waals surface area contributed by atoms with Gasteiger partial charge in [0.2, 0.25) is 0 Å². The van der Waals surface area contributed by atoms with E-state index in [0.717, 1.165) is 37.4 Å². The number of carbonyl (C=O) groups excluding carboxylic acids is 1. The number of Topliss-reactive ketones (excluding diaryl/α,β-unsaturated/α-hetero) is 1. The molecule has 4 aromatic rings. The summed E-state index contributed by atoms with van der Waals surface area (Å²) in [6.07, 6.45) is 4.02. The van der Waals surface area contributed by atoms with E-state index in [0.29, 0.717) is 6.42 Å². The fourth-order valence-electron chi connectivity index (χ4n) is 2.90. The molecule has 3 aromatic heterocycles. The van der Waals surface area contributed by atoms with Crippen LogP contribution in [0.15, 0.2) is 48.1 Å². The van der Waals surface area contributed by atoms with Crippen molar-refractivity contribution < 1.29 is 4.79 Å². The molecule has 0 unspecified atom stereocenters. The molecule has 7 heteroatoms. The number of rotatable bonds is 6. The molecular formula is C20H18N4OS2. The van der Waals surface area contributed by atoms with Crippen LogP contribution >= 0.6 is 22.7 Å². The molecule has 0 aliphatic carbocycles. The van der Waals surface area contributed by atoms with Crippen molar-refractivity contribution in [3.8, 4) is 21.7 Å². The first kappa shape index (κ1) is 17.8. The van der Waals surface area contributed by atoms with Crippen molar-refractivity contribution in [3.05, 3.63) is 63.8 Å². The van der Waals surface area contributed by atoms with Crippen LogP contribution in [0.4, 0.5) is 0 Å². The summed E-state index contributed by atoms with van der Waals surface area (Å²) < 4.78 is 1.69. The number of thiazole rings is 2. The van der Waals surface area contributed by atoms with Crippen molar-refractivity contribution in [2.24, 2.45) is 0 Å². The smallest absolute Gasteiger partial charge is 0.161 e. The molecule has 4 rings (SSSR count). The minimum atomic E-state index is 0.0934. The summed E-state index contributed by atoms with van der Waals surface area (Å²) in [5.74, 6) is 0.0934. The topological polar surface area (TPSA) is 60.7 Å². The van der Waals surface area contributed by atoms with Gasteiger partial charge in [0, 0.05) is 17.1 Å². The van der Waals surface area contributed by atoms with Crippen LogP contribution < -0.4 is 0 Å². The maximum atomic E-state index is 12.4. The molecule has 0 aliphatic rings. The number of aryl methyl sites for hydroxylation is 2. The van der Waals surface area contributed by atoms with Gasteiger partial charge in [-0.2, -0.15) is 5.10 Å². The maximum absolute atomic E-state index is 12.4. The minimum absolute atomic E-state index is 0.0934. The van der Waals surface area contributed by atoms with E-state index < -0.39 is 0 Å². The molecule has 0 bridgehead atoms. The monoisotopic (exact) mass is 394 g/mol. The molecule has 0 saturated heterocycles. The van der Waals surface area contributed by atoms with Crippen LogP contribution in [0, 0.1) is 13.8 Å². The lowest BCUT2D eigenvalue weighted by Crippen LogP contribution is -2.12. The standard InChI is InChI=1S/C20H18N4OS2/c1-13-20(27-14(2)22-13)18-12-26-19(23-18)8-17(25)11-24-10-16(9-21-24)15-6-4-3-5-7-15/h3-7,9-10,12H,8,11H2,1-2H3. The van der Waals surface area contributed by atoms with Crippen molar-refractivity contribution in [2.45, 2.75) is 26.8 Å². The third-order valence-electron chi connectivity index (χ3n) is 4.12. The summed E-state index contributed by atoms with van der Waals surface area (Å²) in [5, 5.41) is 8.18. The van der Waals surface area contributed by atoms with E-state index in [9.17, 15) is 4.79 Å². The second-order valence-electron chi connectivity index (χ2n) is 6.28. The molecule has 0 amide bonds. The zero-order valence-electron chi connectivity index (χ0n) is 15.0. The Morgan fingerprint density at radius 3 is 2.67 bits per heavy atom. The molecule has 5 nitrogen and oxygen atoms in total. The van der Waals surface area contributed by atoms with Crippen LogP contribution in [0.1, 0.15) is 15.7 Å². The Hall–Kier alpha value is -2.64. The van der Waals surface area contributed by atoms with Crippen LogP contribution in [0.2, 0.25) is 0 Å². The average molecular weight is 395 g/mol. The van der Waals surface area contributed by atoms with Crippen LogP contribution in [-0.2, 0) is 17.8 Å². The van der Waals surface area contributed by atoms with E-state index in [1.807, 2.05) is 55.8 Å². The second-order valence-corrected chi connectivity index (χ2v) is 8.43.